The van der Waals surface area contributed by atoms with Gasteiger partial charge >= 0.3 is 0 Å². The molecule has 1 heterocycles. The molecule has 0 aliphatic heterocycles. The van der Waals surface area contributed by atoms with Crippen LogP contribution in [0.15, 0.2) is 162 Å². The SMILES string of the molecule is [2H]c1cc2c(-c3cc([2H])c([2H])c(-c4c([2H])c([2H])c([2H])c5c([2H])c([2H])c([2H])cc45)c3[2H])c3cc([2H])c([2H])cc3c(-c3c([2H])c([2H])c4oc5c([2H])c([2H])c([2H])c([2H])c5c4c3[2H])c2cc1[2H]. The van der Waals surface area contributed by atoms with Gasteiger partial charge < -0.3 is 4.42 Å². The van der Waals surface area contributed by atoms with Crippen molar-refractivity contribution in [3.8, 4) is 33.4 Å². The third kappa shape index (κ3) is 3.72. The van der Waals surface area contributed by atoms with Crippen LogP contribution in [0.1, 0.15) is 27.4 Å². The zero-order valence-electron chi connectivity index (χ0n) is 41.9. The molecule has 8 aromatic carbocycles. The highest BCUT2D eigenvalue weighted by Gasteiger charge is 2.18. The summed E-state index contributed by atoms with van der Waals surface area (Å²) in [4.78, 5) is 0. The summed E-state index contributed by atoms with van der Waals surface area (Å²) in [5.41, 5.74) is -1.89. The van der Waals surface area contributed by atoms with Crippen molar-refractivity contribution in [2.24, 2.45) is 0 Å². The molecule has 0 unspecified atom stereocenters. The Hall–Kier alpha value is -5.66. The Morgan fingerprint density at radius 2 is 1.00 bits per heavy atom. The third-order valence-electron chi connectivity index (χ3n) is 7.41. The first-order valence-corrected chi connectivity index (χ1v) is 13.1. The topological polar surface area (TPSA) is 13.1 Å². The summed E-state index contributed by atoms with van der Waals surface area (Å²) in [6.45, 7) is 0. The van der Waals surface area contributed by atoms with Crippen LogP contribution >= 0.6 is 0 Å². The van der Waals surface area contributed by atoms with Gasteiger partial charge in [-0.15, -0.1) is 0 Å². The molecule has 0 bridgehead atoms. The van der Waals surface area contributed by atoms with E-state index in [1.165, 1.54) is 24.3 Å². The molecule has 0 saturated heterocycles. The van der Waals surface area contributed by atoms with Gasteiger partial charge in [-0.25, -0.2) is 0 Å². The number of hydrogen-bond acceptors (Lipinski definition) is 1. The molecule has 43 heavy (non-hydrogen) atoms. The molecule has 0 saturated carbocycles. The lowest BCUT2D eigenvalue weighted by Crippen LogP contribution is -1.91. The first kappa shape index (κ1) is 11.6. The lowest BCUT2D eigenvalue weighted by atomic mass is 9.85. The molecule has 200 valence electrons. The third-order valence-corrected chi connectivity index (χ3v) is 7.41. The van der Waals surface area contributed by atoms with Gasteiger partial charge in [0.1, 0.15) is 11.2 Å². The molecule has 0 aliphatic rings. The Labute approximate surface area is 277 Å². The smallest absolute Gasteiger partial charge is 0.135 e. The Bertz CT molecular complexity index is 3550. The van der Waals surface area contributed by atoms with E-state index < -0.39 is 102 Å². The van der Waals surface area contributed by atoms with Crippen LogP contribution in [-0.2, 0) is 0 Å². The minimum atomic E-state index is -0.702. The zero-order chi connectivity index (χ0) is 45.7. The van der Waals surface area contributed by atoms with Crippen molar-refractivity contribution in [1.82, 2.24) is 0 Å². The molecule has 0 N–H and O–H groups in total. The van der Waals surface area contributed by atoms with Gasteiger partial charge in [-0.05, 0) is 89.9 Å². The van der Waals surface area contributed by atoms with Crippen LogP contribution < -0.4 is 0 Å². The molecule has 0 aliphatic carbocycles. The highest BCUT2D eigenvalue weighted by molar-refractivity contribution is 6.22. The van der Waals surface area contributed by atoms with E-state index in [0.717, 1.165) is 12.1 Å². The van der Waals surface area contributed by atoms with Gasteiger partial charge in [-0.2, -0.15) is 0 Å². The first-order chi connectivity index (χ1) is 29.6. The fourth-order valence-corrected chi connectivity index (χ4v) is 5.58. The number of furan rings is 1. The maximum absolute atomic E-state index is 9.73. The molecular weight excluding hydrogens is 520 g/mol. The number of benzene rings is 8. The number of para-hydroxylation sites is 1. The number of hydrogen-bond donors (Lipinski definition) is 0. The molecule has 1 heteroatoms. The Morgan fingerprint density at radius 1 is 0.372 bits per heavy atom. The second-order valence-corrected chi connectivity index (χ2v) is 9.72. The lowest BCUT2D eigenvalue weighted by Gasteiger charge is -2.18. The predicted molar refractivity (Wildman–Crippen MR) is 183 cm³/mol. The average Bonchev–Trinajstić information content (AvgIpc) is 3.65. The summed E-state index contributed by atoms with van der Waals surface area (Å²) in [6, 6.07) is -3.49. The van der Waals surface area contributed by atoms with Crippen molar-refractivity contribution in [1.29, 1.82) is 0 Å². The molecule has 0 spiro atoms. The van der Waals surface area contributed by atoms with Crippen molar-refractivity contribution < 1.29 is 31.8 Å². The maximum Gasteiger partial charge on any atom is 0.135 e. The Balaban J connectivity index is 1.49. The Morgan fingerprint density at radius 3 is 1.79 bits per heavy atom. The molecule has 0 amide bonds. The van der Waals surface area contributed by atoms with Gasteiger partial charge in [-0.3, -0.25) is 0 Å². The second-order valence-electron chi connectivity index (χ2n) is 9.72. The Kier molecular flexibility index (Phi) is 2.54. The highest BCUT2D eigenvalue weighted by atomic mass is 16.3. The fraction of sp³-hybridized carbons (Fsp3) is 0. The van der Waals surface area contributed by atoms with Gasteiger partial charge in [0.2, 0.25) is 0 Å². The van der Waals surface area contributed by atoms with E-state index in [9.17, 15) is 4.11 Å². The van der Waals surface area contributed by atoms with Gasteiger partial charge in [-0.1, -0.05) is 133 Å². The van der Waals surface area contributed by atoms with E-state index >= 15 is 0 Å². The number of fused-ring (bicyclic) bond motifs is 6. The van der Waals surface area contributed by atoms with Crippen LogP contribution in [0.2, 0.25) is 0 Å². The summed E-state index contributed by atoms with van der Waals surface area (Å²) < 4.78 is 182. The van der Waals surface area contributed by atoms with Crippen LogP contribution in [0.4, 0.5) is 0 Å². The molecule has 9 aromatic rings. The van der Waals surface area contributed by atoms with Gasteiger partial charge in [0.25, 0.3) is 0 Å². The minimum absolute atomic E-state index is 0.0217. The molecule has 0 atom stereocenters. The van der Waals surface area contributed by atoms with Gasteiger partial charge in [0.05, 0.1) is 27.4 Å². The van der Waals surface area contributed by atoms with Crippen molar-refractivity contribution in [3.05, 3.63) is 157 Å². The molecule has 0 radical (unpaired) electrons. The van der Waals surface area contributed by atoms with E-state index in [0.29, 0.717) is 0 Å². The minimum Gasteiger partial charge on any atom is -0.456 e. The van der Waals surface area contributed by atoms with Crippen LogP contribution in [0.5, 0.6) is 0 Å². The van der Waals surface area contributed by atoms with Gasteiger partial charge in [0.15, 0.2) is 0 Å². The normalized spacial score (nSPS) is 18.2. The van der Waals surface area contributed by atoms with Crippen molar-refractivity contribution in [2.45, 2.75) is 0 Å². The molecule has 0 fully saturated rings. The quantitative estimate of drug-likeness (QED) is 0.194. The van der Waals surface area contributed by atoms with Crippen molar-refractivity contribution >= 4 is 54.3 Å². The van der Waals surface area contributed by atoms with E-state index in [2.05, 4.69) is 0 Å². The largest absolute Gasteiger partial charge is 0.456 e. The molecule has 1 nitrogen and oxygen atoms in total. The summed E-state index contributed by atoms with van der Waals surface area (Å²) in [5, 5.41) is -0.703. The number of rotatable bonds is 3. The van der Waals surface area contributed by atoms with Crippen LogP contribution in [0, 0.1) is 0 Å². The van der Waals surface area contributed by atoms with E-state index in [4.69, 9.17) is 27.7 Å². The van der Waals surface area contributed by atoms with E-state index in [1.54, 1.807) is 0 Å². The molecule has 1 aromatic heterocycles. The molecular formula is C42H26O. The van der Waals surface area contributed by atoms with E-state index in [-0.39, 0.29) is 106 Å². The lowest BCUT2D eigenvalue weighted by molar-refractivity contribution is 0.669. The summed E-state index contributed by atoms with van der Waals surface area (Å²) in [6.07, 6.45) is 0. The standard InChI is InChI=1S/C42H26O/c1-2-15-31-27(11-1)12-10-21-32(31)28-13-9-14-29(25-28)41-34-17-3-5-19-36(34)42(37-20-6-4-18-35(37)41)30-23-24-40-38(26-30)33-16-7-8-22-39(33)43-40/h1-26H/i1D,2D,3D,4D,5D,6D,7D,8D,9D,10D,11D,12D,13D,16D,21D,22D,23D,24D,25D,26D. The first-order valence-electron chi connectivity index (χ1n) is 23.1. The predicted octanol–water partition coefficient (Wildman–Crippen LogP) is 12.0. The summed E-state index contributed by atoms with van der Waals surface area (Å²) in [5.74, 6) is 0. The van der Waals surface area contributed by atoms with Crippen molar-refractivity contribution in [2.75, 3.05) is 0 Å². The highest BCUT2D eigenvalue weighted by Crippen LogP contribution is 2.45. The maximum atomic E-state index is 9.73. The summed E-state index contributed by atoms with van der Waals surface area (Å²) >= 11 is 0. The monoisotopic (exact) mass is 566 g/mol. The zero-order valence-corrected chi connectivity index (χ0v) is 21.9. The second kappa shape index (κ2) is 9.44. The van der Waals surface area contributed by atoms with Crippen LogP contribution in [-0.4, -0.2) is 0 Å². The van der Waals surface area contributed by atoms with Crippen LogP contribution in [0.25, 0.3) is 87.6 Å². The average molecular weight is 567 g/mol. The van der Waals surface area contributed by atoms with E-state index in [1.807, 2.05) is 0 Å². The molecule has 9 rings (SSSR count). The van der Waals surface area contributed by atoms with Gasteiger partial charge in [0, 0.05) is 10.8 Å². The fourth-order valence-electron chi connectivity index (χ4n) is 5.58. The summed E-state index contributed by atoms with van der Waals surface area (Å²) in [7, 11) is 0. The van der Waals surface area contributed by atoms with Crippen molar-refractivity contribution in [3.63, 3.8) is 0 Å². The van der Waals surface area contributed by atoms with Crippen LogP contribution in [0.3, 0.4) is 0 Å².